The Morgan fingerprint density at radius 3 is 2.71 bits per heavy atom. The summed E-state index contributed by atoms with van der Waals surface area (Å²) in [5, 5.41) is 17.2. The normalized spacial score (nSPS) is 19.2. The molecule has 2 aliphatic heterocycles. The summed E-state index contributed by atoms with van der Waals surface area (Å²) in [5.41, 5.74) is 7.33. The van der Waals surface area contributed by atoms with E-state index in [0.717, 1.165) is 74.8 Å². The lowest BCUT2D eigenvalue weighted by atomic mass is 10.2. The van der Waals surface area contributed by atoms with Gasteiger partial charge in [0.2, 0.25) is 0 Å². The third-order valence-electron chi connectivity index (χ3n) is 5.58. The molecular formula is C20H24N6O2. The van der Waals surface area contributed by atoms with Gasteiger partial charge in [-0.25, -0.2) is 5.01 Å². The van der Waals surface area contributed by atoms with Gasteiger partial charge in [-0.3, -0.25) is 0 Å². The van der Waals surface area contributed by atoms with Gasteiger partial charge >= 0.3 is 0 Å². The van der Waals surface area contributed by atoms with E-state index in [1.165, 1.54) is 16.4 Å². The second kappa shape index (κ2) is 7.37. The van der Waals surface area contributed by atoms with Crippen molar-refractivity contribution >= 4 is 11.4 Å². The molecule has 1 aliphatic carbocycles. The predicted octanol–water partition coefficient (Wildman–Crippen LogP) is -0.605. The number of nitrogens with zero attached hydrogens (tertiary/aromatic N) is 5. The second-order valence-corrected chi connectivity index (χ2v) is 7.33. The lowest BCUT2D eigenvalue weighted by Crippen LogP contribution is -2.49. The summed E-state index contributed by atoms with van der Waals surface area (Å²) in [6, 6.07) is 8.23. The van der Waals surface area contributed by atoms with Gasteiger partial charge in [0, 0.05) is 31.4 Å². The lowest BCUT2D eigenvalue weighted by molar-refractivity contribution is 0.0563. The topological polar surface area (TPSA) is 75.6 Å². The number of methoxy groups -OCH3 is 1. The Bertz CT molecular complexity index is 985. The first kappa shape index (κ1) is 17.4. The molecule has 0 amide bonds. The highest BCUT2D eigenvalue weighted by Gasteiger charge is 2.26. The van der Waals surface area contributed by atoms with Gasteiger partial charge in [-0.15, -0.1) is 10.2 Å². The van der Waals surface area contributed by atoms with Crippen molar-refractivity contribution in [1.29, 1.82) is 0 Å². The second-order valence-electron chi connectivity index (χ2n) is 7.33. The number of rotatable bonds is 4. The Kier molecular flexibility index (Phi) is 4.58. The number of nitrogens with one attached hydrogen (secondary N) is 1. The summed E-state index contributed by atoms with van der Waals surface area (Å²) in [6.45, 7) is 4.75. The van der Waals surface area contributed by atoms with Crippen LogP contribution in [-0.4, -0.2) is 65.3 Å². The molecule has 146 valence electrons. The molecule has 1 aromatic carbocycles. The molecule has 0 bridgehead atoms. The van der Waals surface area contributed by atoms with E-state index in [2.05, 4.69) is 42.9 Å². The lowest BCUT2D eigenvalue weighted by Gasteiger charge is -2.34. The van der Waals surface area contributed by atoms with Gasteiger partial charge < -0.3 is 19.8 Å². The molecule has 0 spiro atoms. The molecule has 3 heterocycles. The minimum atomic E-state index is 0.723. The highest BCUT2D eigenvalue weighted by Crippen LogP contribution is 2.18. The van der Waals surface area contributed by atoms with Crippen LogP contribution in [0.4, 0.5) is 0 Å². The van der Waals surface area contributed by atoms with Gasteiger partial charge in [-0.2, -0.15) is 0 Å². The van der Waals surface area contributed by atoms with Gasteiger partial charge in [-0.1, -0.05) is 12.1 Å². The molecule has 3 aliphatic rings. The van der Waals surface area contributed by atoms with Crippen molar-refractivity contribution in [1.82, 2.24) is 30.7 Å². The number of hydrazine groups is 1. The van der Waals surface area contributed by atoms with Crippen molar-refractivity contribution in [3.8, 4) is 5.75 Å². The Morgan fingerprint density at radius 1 is 1.11 bits per heavy atom. The Labute approximate surface area is 163 Å². The van der Waals surface area contributed by atoms with Crippen LogP contribution >= 0.6 is 0 Å². The molecule has 0 unspecified atom stereocenters. The molecular weight excluding hydrogens is 356 g/mol. The average molecular weight is 380 g/mol. The van der Waals surface area contributed by atoms with Crippen LogP contribution in [-0.2, 0) is 17.7 Å². The maximum atomic E-state index is 5.55. The van der Waals surface area contributed by atoms with Gasteiger partial charge in [0.15, 0.2) is 0 Å². The van der Waals surface area contributed by atoms with Crippen LogP contribution in [0.1, 0.15) is 17.7 Å². The van der Waals surface area contributed by atoms with E-state index >= 15 is 0 Å². The molecule has 8 nitrogen and oxygen atoms in total. The zero-order valence-electron chi connectivity index (χ0n) is 16.0. The fourth-order valence-electron chi connectivity index (χ4n) is 4.15. The summed E-state index contributed by atoms with van der Waals surface area (Å²) >= 11 is 0. The summed E-state index contributed by atoms with van der Waals surface area (Å²) in [7, 11) is 1.69. The third-order valence-corrected chi connectivity index (χ3v) is 5.58. The van der Waals surface area contributed by atoms with Crippen molar-refractivity contribution < 1.29 is 9.47 Å². The average Bonchev–Trinajstić information content (AvgIpc) is 3.08. The number of benzene rings is 1. The quantitative estimate of drug-likeness (QED) is 0.754. The molecule has 2 aromatic rings. The first-order chi connectivity index (χ1) is 13.8. The van der Waals surface area contributed by atoms with Crippen LogP contribution in [0.15, 0.2) is 24.3 Å². The number of hydrogen-bond donors (Lipinski definition) is 1. The monoisotopic (exact) mass is 380 g/mol. The van der Waals surface area contributed by atoms with E-state index in [9.17, 15) is 0 Å². The fraction of sp³-hybridized carbons (Fsp3) is 0.450. The van der Waals surface area contributed by atoms with Crippen molar-refractivity contribution in [2.75, 3.05) is 40.0 Å². The molecule has 5 rings (SSSR count). The van der Waals surface area contributed by atoms with Crippen LogP contribution in [0.25, 0.3) is 11.4 Å². The zero-order valence-corrected chi connectivity index (χ0v) is 16.0. The number of ether oxygens (including phenoxy) is 2. The Hall–Kier alpha value is -2.71. The van der Waals surface area contributed by atoms with E-state index in [0.29, 0.717) is 0 Å². The molecule has 0 atom stereocenters. The highest BCUT2D eigenvalue weighted by molar-refractivity contribution is 5.56. The van der Waals surface area contributed by atoms with Crippen molar-refractivity contribution in [3.63, 3.8) is 0 Å². The zero-order chi connectivity index (χ0) is 18.9. The number of hydrogen-bond acceptors (Lipinski definition) is 8. The third kappa shape index (κ3) is 3.18. The van der Waals surface area contributed by atoms with Crippen LogP contribution < -0.4 is 20.7 Å². The highest BCUT2D eigenvalue weighted by atomic mass is 16.5. The van der Waals surface area contributed by atoms with Crippen LogP contribution in [0, 0.1) is 0 Å². The molecule has 0 radical (unpaired) electrons. The molecule has 1 N–H and O–H groups in total. The van der Waals surface area contributed by atoms with Crippen LogP contribution in [0.3, 0.4) is 0 Å². The summed E-state index contributed by atoms with van der Waals surface area (Å²) in [5.74, 6) is 1.89. The van der Waals surface area contributed by atoms with E-state index in [1.807, 2.05) is 12.1 Å². The Morgan fingerprint density at radius 2 is 1.93 bits per heavy atom. The largest absolute Gasteiger partial charge is 0.497 e. The SMILES string of the molecule is COc1ccc(CN2CC3=c4c(nnnc4=C(N4CCOCC4)N2)CC3)cc1. The molecule has 8 heteroatoms. The smallest absolute Gasteiger partial charge is 0.145 e. The minimum absolute atomic E-state index is 0.723. The van der Waals surface area contributed by atoms with Crippen molar-refractivity contribution in [3.05, 3.63) is 46.1 Å². The maximum Gasteiger partial charge on any atom is 0.145 e. The molecule has 28 heavy (non-hydrogen) atoms. The van der Waals surface area contributed by atoms with E-state index in [4.69, 9.17) is 9.47 Å². The first-order valence-electron chi connectivity index (χ1n) is 9.73. The number of aryl methyl sites for hydroxylation is 1. The van der Waals surface area contributed by atoms with Crippen molar-refractivity contribution in [2.24, 2.45) is 0 Å². The standard InChI is InChI=1S/C20H24N6O2/c1-27-16-5-2-14(3-6-16)12-26-13-15-4-7-17-18(15)19(22-24-21-17)20(23-26)25-8-10-28-11-9-25/h2-3,5-6,23H,4,7-13H2,1H3. The van der Waals surface area contributed by atoms with E-state index in [-0.39, 0.29) is 0 Å². The van der Waals surface area contributed by atoms with Gasteiger partial charge in [0.1, 0.15) is 16.9 Å². The van der Waals surface area contributed by atoms with E-state index < -0.39 is 0 Å². The minimum Gasteiger partial charge on any atom is -0.497 e. The number of morpholine rings is 1. The summed E-state index contributed by atoms with van der Waals surface area (Å²) in [6.07, 6.45) is 1.96. The van der Waals surface area contributed by atoms with Crippen molar-refractivity contribution in [2.45, 2.75) is 19.4 Å². The summed E-state index contributed by atoms with van der Waals surface area (Å²) < 4.78 is 10.8. The van der Waals surface area contributed by atoms with Gasteiger partial charge in [-0.05, 0) is 41.3 Å². The molecule has 0 saturated carbocycles. The van der Waals surface area contributed by atoms with Crippen LogP contribution in [0.2, 0.25) is 0 Å². The fourth-order valence-corrected chi connectivity index (χ4v) is 4.15. The number of aromatic nitrogens is 3. The van der Waals surface area contributed by atoms with E-state index in [1.54, 1.807) is 7.11 Å². The first-order valence-corrected chi connectivity index (χ1v) is 9.73. The van der Waals surface area contributed by atoms with Crippen LogP contribution in [0.5, 0.6) is 5.75 Å². The maximum absolute atomic E-state index is 5.55. The summed E-state index contributed by atoms with van der Waals surface area (Å²) in [4.78, 5) is 2.32. The molecule has 1 aromatic heterocycles. The Balaban J connectivity index is 1.53. The molecule has 1 saturated heterocycles. The molecule has 1 fully saturated rings. The van der Waals surface area contributed by atoms with Gasteiger partial charge in [0.05, 0.1) is 26.0 Å². The predicted molar refractivity (Wildman–Crippen MR) is 103 cm³/mol. The van der Waals surface area contributed by atoms with Gasteiger partial charge in [0.25, 0.3) is 0 Å².